The van der Waals surface area contributed by atoms with E-state index in [-0.39, 0.29) is 6.42 Å². The molecule has 0 amide bonds. The first-order chi connectivity index (χ1) is 10.0. The third-order valence-electron chi connectivity index (χ3n) is 3.04. The van der Waals surface area contributed by atoms with E-state index in [4.69, 9.17) is 10.8 Å². The van der Waals surface area contributed by atoms with E-state index in [2.05, 4.69) is 46.1 Å². The molecule has 1 aromatic heterocycles. The zero-order chi connectivity index (χ0) is 15.7. The molecule has 1 atom stereocenters. The highest BCUT2D eigenvalue weighted by atomic mass is 16.4. The second-order valence-electron chi connectivity index (χ2n) is 5.07. The third kappa shape index (κ3) is 6.80. The minimum Gasteiger partial charge on any atom is -0.480 e. The number of carboxylic acids is 1. The van der Waals surface area contributed by atoms with Gasteiger partial charge < -0.3 is 25.6 Å². The zero-order valence-electron chi connectivity index (χ0n) is 12.7. The minimum absolute atomic E-state index is 0.263. The van der Waals surface area contributed by atoms with Crippen LogP contribution in [-0.4, -0.2) is 57.1 Å². The van der Waals surface area contributed by atoms with Crippen LogP contribution in [0.2, 0.25) is 0 Å². The molecule has 0 spiro atoms. The standard InChI is InChI=1S/C8H16N2.C6H9N3O2/c1-3-4-5-10-7-6-9(2)8-10;7-5(6(10)11)1-4-2-8-3-9-4/h6-7H,3-5,8H2,1-2H3;2-3,5H,1,7H2,(H,8,9)(H,10,11). The Morgan fingerprint density at radius 3 is 2.81 bits per heavy atom. The van der Waals surface area contributed by atoms with Gasteiger partial charge in [0, 0.05) is 38.6 Å². The lowest BCUT2D eigenvalue weighted by molar-refractivity contribution is -0.138. The number of carbonyl (C=O) groups is 1. The van der Waals surface area contributed by atoms with E-state index in [1.165, 1.54) is 25.7 Å². The molecule has 21 heavy (non-hydrogen) atoms. The number of hydrogen-bond donors (Lipinski definition) is 3. The number of aromatic nitrogens is 2. The number of imidazole rings is 1. The molecule has 0 saturated heterocycles. The van der Waals surface area contributed by atoms with Crippen LogP contribution in [-0.2, 0) is 11.2 Å². The molecule has 0 radical (unpaired) electrons. The van der Waals surface area contributed by atoms with Crippen molar-refractivity contribution in [1.82, 2.24) is 19.8 Å². The molecule has 0 aromatic carbocycles. The molecule has 0 saturated carbocycles. The summed E-state index contributed by atoms with van der Waals surface area (Å²) in [5, 5.41) is 8.42. The van der Waals surface area contributed by atoms with Gasteiger partial charge in [-0.15, -0.1) is 0 Å². The highest BCUT2D eigenvalue weighted by Crippen LogP contribution is 2.04. The molecule has 1 aromatic rings. The van der Waals surface area contributed by atoms with Crippen LogP contribution in [0.4, 0.5) is 0 Å². The fourth-order valence-electron chi connectivity index (χ4n) is 1.81. The summed E-state index contributed by atoms with van der Waals surface area (Å²) < 4.78 is 0. The first-order valence-corrected chi connectivity index (χ1v) is 7.11. The maximum atomic E-state index is 10.3. The summed E-state index contributed by atoms with van der Waals surface area (Å²) in [6.45, 7) is 4.50. The van der Waals surface area contributed by atoms with E-state index in [1.807, 2.05) is 0 Å². The molecule has 1 aliphatic rings. The molecule has 4 N–H and O–H groups in total. The van der Waals surface area contributed by atoms with Gasteiger partial charge in [0.25, 0.3) is 0 Å². The SMILES string of the molecule is CCCCN1C=CN(C)C1.NC(Cc1c[nH]cn1)C(=O)O. The Morgan fingerprint density at radius 2 is 2.33 bits per heavy atom. The number of rotatable bonds is 6. The quantitative estimate of drug-likeness (QED) is 0.719. The fraction of sp³-hybridized carbons (Fsp3) is 0.571. The maximum absolute atomic E-state index is 10.3. The lowest BCUT2D eigenvalue weighted by Gasteiger charge is -2.17. The van der Waals surface area contributed by atoms with Crippen LogP contribution in [0.5, 0.6) is 0 Å². The third-order valence-corrected chi connectivity index (χ3v) is 3.04. The number of unbranched alkanes of at least 4 members (excludes halogenated alkanes) is 1. The van der Waals surface area contributed by atoms with Crippen molar-refractivity contribution in [3.63, 3.8) is 0 Å². The number of nitrogens with zero attached hydrogens (tertiary/aromatic N) is 3. The summed E-state index contributed by atoms with van der Waals surface area (Å²) in [4.78, 5) is 21.3. The Hall–Kier alpha value is -2.02. The Morgan fingerprint density at radius 1 is 1.57 bits per heavy atom. The van der Waals surface area contributed by atoms with Gasteiger partial charge in [-0.3, -0.25) is 4.79 Å². The topological polar surface area (TPSA) is 98.5 Å². The lowest BCUT2D eigenvalue weighted by Crippen LogP contribution is -2.32. The van der Waals surface area contributed by atoms with E-state index >= 15 is 0 Å². The Kier molecular flexibility index (Phi) is 7.31. The number of carboxylic acid groups (broad SMARTS) is 1. The van der Waals surface area contributed by atoms with Gasteiger partial charge in [0.05, 0.1) is 18.7 Å². The predicted molar refractivity (Wildman–Crippen MR) is 81.3 cm³/mol. The van der Waals surface area contributed by atoms with Gasteiger partial charge in [0.1, 0.15) is 6.04 Å². The van der Waals surface area contributed by atoms with E-state index < -0.39 is 12.0 Å². The summed E-state index contributed by atoms with van der Waals surface area (Å²) in [5.41, 5.74) is 5.92. The summed E-state index contributed by atoms with van der Waals surface area (Å²) in [6, 6.07) is -0.863. The molecule has 7 heteroatoms. The average Bonchev–Trinajstić information content (AvgIpc) is 3.09. The molecular weight excluding hydrogens is 270 g/mol. The molecular formula is C14H25N5O2. The summed E-state index contributed by atoms with van der Waals surface area (Å²) >= 11 is 0. The normalized spacial score (nSPS) is 14.8. The number of aliphatic carboxylic acids is 1. The van der Waals surface area contributed by atoms with Crippen molar-refractivity contribution in [1.29, 1.82) is 0 Å². The van der Waals surface area contributed by atoms with Crippen LogP contribution in [0.25, 0.3) is 0 Å². The van der Waals surface area contributed by atoms with Crippen molar-refractivity contribution in [2.24, 2.45) is 5.73 Å². The Balaban J connectivity index is 0.000000211. The molecule has 0 bridgehead atoms. The van der Waals surface area contributed by atoms with E-state index in [0.717, 1.165) is 6.67 Å². The van der Waals surface area contributed by atoms with Gasteiger partial charge in [-0.1, -0.05) is 13.3 Å². The van der Waals surface area contributed by atoms with Gasteiger partial charge in [0.2, 0.25) is 0 Å². The monoisotopic (exact) mass is 295 g/mol. The van der Waals surface area contributed by atoms with Crippen molar-refractivity contribution >= 4 is 5.97 Å². The largest absolute Gasteiger partial charge is 0.480 e. The lowest BCUT2D eigenvalue weighted by atomic mass is 10.2. The highest BCUT2D eigenvalue weighted by molar-refractivity contribution is 5.73. The van der Waals surface area contributed by atoms with Gasteiger partial charge in [0.15, 0.2) is 0 Å². The van der Waals surface area contributed by atoms with Crippen molar-refractivity contribution in [2.75, 3.05) is 20.3 Å². The number of aromatic amines is 1. The Labute approximate surface area is 125 Å². The van der Waals surface area contributed by atoms with Crippen LogP contribution in [0.3, 0.4) is 0 Å². The molecule has 1 aliphatic heterocycles. The van der Waals surface area contributed by atoms with Gasteiger partial charge >= 0.3 is 5.97 Å². The minimum atomic E-state index is -1.01. The number of nitrogens with one attached hydrogen (secondary N) is 1. The van der Waals surface area contributed by atoms with E-state index in [1.54, 1.807) is 6.20 Å². The average molecular weight is 295 g/mol. The summed E-state index contributed by atoms with van der Waals surface area (Å²) in [5.74, 6) is -1.01. The molecule has 1 unspecified atom stereocenters. The van der Waals surface area contributed by atoms with Crippen LogP contribution in [0, 0.1) is 0 Å². The number of nitrogens with two attached hydrogens (primary N) is 1. The number of hydrogen-bond acceptors (Lipinski definition) is 5. The van der Waals surface area contributed by atoms with E-state index in [0.29, 0.717) is 5.69 Å². The Bertz CT molecular complexity index is 433. The van der Waals surface area contributed by atoms with E-state index in [9.17, 15) is 4.79 Å². The van der Waals surface area contributed by atoms with Crippen molar-refractivity contribution in [3.8, 4) is 0 Å². The van der Waals surface area contributed by atoms with Crippen LogP contribution in [0.1, 0.15) is 25.5 Å². The van der Waals surface area contributed by atoms with Crippen molar-refractivity contribution in [3.05, 3.63) is 30.6 Å². The molecule has 0 fully saturated rings. The van der Waals surface area contributed by atoms with Crippen molar-refractivity contribution < 1.29 is 9.90 Å². The van der Waals surface area contributed by atoms with Gasteiger partial charge in [-0.05, 0) is 6.42 Å². The molecule has 118 valence electrons. The second kappa shape index (κ2) is 9.02. The highest BCUT2D eigenvalue weighted by Gasteiger charge is 2.12. The van der Waals surface area contributed by atoms with Crippen molar-refractivity contribution in [2.45, 2.75) is 32.2 Å². The maximum Gasteiger partial charge on any atom is 0.320 e. The van der Waals surface area contributed by atoms with Gasteiger partial charge in [-0.2, -0.15) is 0 Å². The molecule has 2 rings (SSSR count). The predicted octanol–water partition coefficient (Wildman–Crippen LogP) is 0.827. The van der Waals surface area contributed by atoms with Crippen LogP contribution in [0.15, 0.2) is 24.9 Å². The number of H-pyrrole nitrogens is 1. The first-order valence-electron chi connectivity index (χ1n) is 7.11. The molecule has 2 heterocycles. The molecule has 7 nitrogen and oxygen atoms in total. The van der Waals surface area contributed by atoms with Crippen LogP contribution < -0.4 is 5.73 Å². The fourth-order valence-corrected chi connectivity index (χ4v) is 1.81. The second-order valence-corrected chi connectivity index (χ2v) is 5.07. The van der Waals surface area contributed by atoms with Crippen LogP contribution >= 0.6 is 0 Å². The molecule has 0 aliphatic carbocycles. The smallest absolute Gasteiger partial charge is 0.320 e. The summed E-state index contributed by atoms with van der Waals surface area (Å²) in [7, 11) is 2.10. The van der Waals surface area contributed by atoms with Gasteiger partial charge in [-0.25, -0.2) is 4.98 Å². The first kappa shape index (κ1) is 17.0. The zero-order valence-corrected chi connectivity index (χ0v) is 12.7. The summed E-state index contributed by atoms with van der Waals surface area (Å²) in [6.07, 6.45) is 10.3.